The Morgan fingerprint density at radius 2 is 2.33 bits per heavy atom. The molecule has 2 atom stereocenters. The van der Waals surface area contributed by atoms with Crippen molar-refractivity contribution in [3.05, 3.63) is 11.9 Å². The lowest BCUT2D eigenvalue weighted by Crippen LogP contribution is -2.33. The number of fused-ring (bicyclic) bond motifs is 2. The zero-order chi connectivity index (χ0) is 12.5. The van der Waals surface area contributed by atoms with Crippen LogP contribution in [-0.2, 0) is 6.42 Å². The van der Waals surface area contributed by atoms with Crippen molar-refractivity contribution in [1.82, 2.24) is 9.97 Å². The molecule has 5 nitrogen and oxygen atoms in total. The minimum Gasteiger partial charge on any atom is -0.353 e. The van der Waals surface area contributed by atoms with Gasteiger partial charge in [0.05, 0.1) is 0 Å². The number of nitrogens with one attached hydrogen (secondary N) is 1. The van der Waals surface area contributed by atoms with Crippen LogP contribution in [0, 0.1) is 5.92 Å². The van der Waals surface area contributed by atoms with Gasteiger partial charge in [-0.2, -0.15) is 0 Å². The van der Waals surface area contributed by atoms with Gasteiger partial charge in [-0.3, -0.25) is 0 Å². The first kappa shape index (κ1) is 11.7. The molecule has 0 spiro atoms. The van der Waals surface area contributed by atoms with Crippen molar-refractivity contribution in [3.63, 3.8) is 0 Å². The molecule has 1 aliphatic carbocycles. The third-order valence-electron chi connectivity index (χ3n) is 4.08. The van der Waals surface area contributed by atoms with Gasteiger partial charge in [0.1, 0.15) is 17.5 Å². The van der Waals surface area contributed by atoms with Crippen molar-refractivity contribution < 1.29 is 0 Å². The third kappa shape index (κ3) is 2.03. The van der Waals surface area contributed by atoms with E-state index in [9.17, 15) is 0 Å². The first-order chi connectivity index (χ1) is 8.80. The van der Waals surface area contributed by atoms with Gasteiger partial charge in [0, 0.05) is 25.1 Å². The van der Waals surface area contributed by atoms with E-state index in [0.29, 0.717) is 6.04 Å². The van der Waals surface area contributed by atoms with Crippen LogP contribution in [0.2, 0.25) is 0 Å². The SMILES string of the molecule is CCCc1nc(NN)cc(N2CC3CCC2C3)n1. The van der Waals surface area contributed by atoms with Crippen LogP contribution in [0.4, 0.5) is 11.6 Å². The van der Waals surface area contributed by atoms with E-state index >= 15 is 0 Å². The molecule has 1 aromatic heterocycles. The maximum atomic E-state index is 5.50. The maximum Gasteiger partial charge on any atom is 0.145 e. The van der Waals surface area contributed by atoms with Crippen LogP contribution in [0.25, 0.3) is 0 Å². The van der Waals surface area contributed by atoms with Gasteiger partial charge < -0.3 is 10.3 Å². The smallest absolute Gasteiger partial charge is 0.145 e. The van der Waals surface area contributed by atoms with E-state index in [1.54, 1.807) is 0 Å². The molecule has 0 amide bonds. The zero-order valence-electron chi connectivity index (χ0n) is 10.9. The van der Waals surface area contributed by atoms with Gasteiger partial charge in [0.2, 0.25) is 0 Å². The summed E-state index contributed by atoms with van der Waals surface area (Å²) in [6, 6.07) is 2.66. The van der Waals surface area contributed by atoms with Crippen molar-refractivity contribution in [2.75, 3.05) is 16.9 Å². The van der Waals surface area contributed by atoms with Crippen LogP contribution in [0.5, 0.6) is 0 Å². The quantitative estimate of drug-likeness (QED) is 0.626. The lowest BCUT2D eigenvalue weighted by atomic mass is 10.1. The minimum atomic E-state index is 0.685. The van der Waals surface area contributed by atoms with E-state index in [0.717, 1.165) is 42.8 Å². The van der Waals surface area contributed by atoms with E-state index in [4.69, 9.17) is 10.8 Å². The van der Waals surface area contributed by atoms with E-state index in [1.165, 1.54) is 19.3 Å². The van der Waals surface area contributed by atoms with Gasteiger partial charge >= 0.3 is 0 Å². The molecule has 1 saturated heterocycles. The molecule has 2 aliphatic rings. The molecule has 98 valence electrons. The molecule has 1 aliphatic heterocycles. The average Bonchev–Trinajstić information content (AvgIpc) is 3.01. The summed E-state index contributed by atoms with van der Waals surface area (Å²) in [5, 5.41) is 0. The van der Waals surface area contributed by atoms with Crippen molar-refractivity contribution >= 4 is 11.6 Å². The summed E-state index contributed by atoms with van der Waals surface area (Å²) in [6.45, 7) is 3.29. The normalized spacial score (nSPS) is 25.8. The lowest BCUT2D eigenvalue weighted by Gasteiger charge is -2.28. The number of piperidine rings is 1. The molecular weight excluding hydrogens is 226 g/mol. The Bertz CT molecular complexity index is 433. The first-order valence-electron chi connectivity index (χ1n) is 6.91. The highest BCUT2D eigenvalue weighted by atomic mass is 15.3. The van der Waals surface area contributed by atoms with Gasteiger partial charge in [0.15, 0.2) is 0 Å². The van der Waals surface area contributed by atoms with Gasteiger partial charge in [-0.05, 0) is 31.6 Å². The molecule has 1 aromatic rings. The Kier molecular flexibility index (Phi) is 3.07. The second-order valence-electron chi connectivity index (χ2n) is 5.41. The number of nitrogen functional groups attached to an aromatic ring is 1. The molecule has 0 radical (unpaired) electrons. The number of nitrogens with two attached hydrogens (primary N) is 1. The van der Waals surface area contributed by atoms with Crippen LogP contribution < -0.4 is 16.2 Å². The topological polar surface area (TPSA) is 67.1 Å². The fourth-order valence-corrected chi connectivity index (χ4v) is 3.24. The number of hydrazine groups is 1. The molecule has 5 heteroatoms. The highest BCUT2D eigenvalue weighted by Crippen LogP contribution is 2.39. The molecule has 2 heterocycles. The second-order valence-corrected chi connectivity index (χ2v) is 5.41. The maximum absolute atomic E-state index is 5.50. The second kappa shape index (κ2) is 4.72. The fraction of sp³-hybridized carbons (Fsp3) is 0.692. The van der Waals surface area contributed by atoms with Crippen LogP contribution in [0.1, 0.15) is 38.4 Å². The summed E-state index contributed by atoms with van der Waals surface area (Å²) in [5.41, 5.74) is 2.66. The fourth-order valence-electron chi connectivity index (χ4n) is 3.24. The minimum absolute atomic E-state index is 0.685. The zero-order valence-corrected chi connectivity index (χ0v) is 10.9. The van der Waals surface area contributed by atoms with Crippen molar-refractivity contribution in [2.24, 2.45) is 11.8 Å². The number of aromatic nitrogens is 2. The molecule has 3 N–H and O–H groups in total. The number of anilines is 2. The number of hydrogen-bond acceptors (Lipinski definition) is 5. The van der Waals surface area contributed by atoms with Crippen molar-refractivity contribution in [2.45, 2.75) is 45.1 Å². The molecular formula is C13H21N5. The predicted octanol–water partition coefficient (Wildman–Crippen LogP) is 1.70. The van der Waals surface area contributed by atoms with E-state index in [1.807, 2.05) is 6.07 Å². The number of nitrogens with zero attached hydrogens (tertiary/aromatic N) is 3. The lowest BCUT2D eigenvalue weighted by molar-refractivity contribution is 0.549. The molecule has 2 unspecified atom stereocenters. The van der Waals surface area contributed by atoms with Crippen LogP contribution in [-0.4, -0.2) is 22.6 Å². The van der Waals surface area contributed by atoms with Gasteiger partial charge in [-0.25, -0.2) is 15.8 Å². The summed E-state index contributed by atoms with van der Waals surface area (Å²) >= 11 is 0. The van der Waals surface area contributed by atoms with E-state index in [2.05, 4.69) is 22.2 Å². The van der Waals surface area contributed by atoms with Crippen molar-refractivity contribution in [3.8, 4) is 0 Å². The number of hydrogen-bond donors (Lipinski definition) is 2. The molecule has 3 rings (SSSR count). The summed E-state index contributed by atoms with van der Waals surface area (Å²) in [4.78, 5) is 11.5. The summed E-state index contributed by atoms with van der Waals surface area (Å²) in [7, 11) is 0. The van der Waals surface area contributed by atoms with Gasteiger partial charge in [-0.1, -0.05) is 6.92 Å². The Hall–Kier alpha value is -1.36. The third-order valence-corrected chi connectivity index (χ3v) is 4.08. The first-order valence-corrected chi connectivity index (χ1v) is 6.91. The molecule has 2 fully saturated rings. The Morgan fingerprint density at radius 1 is 1.44 bits per heavy atom. The Labute approximate surface area is 108 Å². The Morgan fingerprint density at radius 3 is 2.94 bits per heavy atom. The van der Waals surface area contributed by atoms with E-state index in [-0.39, 0.29) is 0 Å². The Balaban J connectivity index is 1.88. The van der Waals surface area contributed by atoms with Crippen LogP contribution in [0.15, 0.2) is 6.07 Å². The highest BCUT2D eigenvalue weighted by molar-refractivity contribution is 5.51. The molecule has 18 heavy (non-hydrogen) atoms. The van der Waals surface area contributed by atoms with Crippen molar-refractivity contribution in [1.29, 1.82) is 0 Å². The summed E-state index contributed by atoms with van der Waals surface area (Å²) < 4.78 is 0. The monoisotopic (exact) mass is 247 g/mol. The molecule has 2 bridgehead atoms. The summed E-state index contributed by atoms with van der Waals surface area (Å²) in [5.74, 6) is 9.04. The standard InChI is InChI=1S/C13H21N5/c1-2-3-11-15-12(17-14)7-13(16-11)18-8-9-4-5-10(18)6-9/h7,9-10H,2-6,8,14H2,1H3,(H,15,16,17). The predicted molar refractivity (Wildman–Crippen MR) is 72.3 cm³/mol. The van der Waals surface area contributed by atoms with Crippen LogP contribution >= 0.6 is 0 Å². The highest BCUT2D eigenvalue weighted by Gasteiger charge is 2.38. The van der Waals surface area contributed by atoms with Crippen LogP contribution in [0.3, 0.4) is 0 Å². The molecule has 1 saturated carbocycles. The van der Waals surface area contributed by atoms with Gasteiger partial charge in [0.25, 0.3) is 0 Å². The summed E-state index contributed by atoms with van der Waals surface area (Å²) in [6.07, 6.45) is 5.99. The molecule has 0 aromatic carbocycles. The number of rotatable bonds is 4. The average molecular weight is 247 g/mol. The van der Waals surface area contributed by atoms with Gasteiger partial charge in [-0.15, -0.1) is 0 Å². The van der Waals surface area contributed by atoms with E-state index < -0.39 is 0 Å². The number of aryl methyl sites for hydroxylation is 1. The largest absolute Gasteiger partial charge is 0.353 e.